The van der Waals surface area contributed by atoms with Crippen molar-refractivity contribution < 1.29 is 41.7 Å². The highest BCUT2D eigenvalue weighted by Gasteiger charge is 2.39. The smallest absolute Gasteiger partial charge is 0.418 e. The van der Waals surface area contributed by atoms with Gasteiger partial charge in [0.25, 0.3) is 0 Å². The number of benzene rings is 1. The fourth-order valence-electron chi connectivity index (χ4n) is 6.61. The quantitative estimate of drug-likeness (QED) is 0.280. The first-order valence-corrected chi connectivity index (χ1v) is 15.7. The van der Waals surface area contributed by atoms with Crippen molar-refractivity contribution in [3.63, 3.8) is 0 Å². The third kappa shape index (κ3) is 8.33. The van der Waals surface area contributed by atoms with Crippen molar-refractivity contribution in [2.24, 2.45) is 5.92 Å². The van der Waals surface area contributed by atoms with Gasteiger partial charge in [-0.15, -0.1) is 0 Å². The van der Waals surface area contributed by atoms with Crippen LogP contribution in [0.15, 0.2) is 30.3 Å². The van der Waals surface area contributed by atoms with Gasteiger partial charge in [0, 0.05) is 56.9 Å². The number of carbonyl (C=O) groups is 2. The molecule has 3 aliphatic rings. The van der Waals surface area contributed by atoms with E-state index in [4.69, 9.17) is 18.9 Å². The second-order valence-corrected chi connectivity index (χ2v) is 12.0. The van der Waals surface area contributed by atoms with Crippen LogP contribution in [0, 0.1) is 5.92 Å². The molecule has 4 atom stereocenters. The molecule has 246 valence electrons. The zero-order chi connectivity index (χ0) is 32.0. The summed E-state index contributed by atoms with van der Waals surface area (Å²) in [6.45, 7) is 2.10. The van der Waals surface area contributed by atoms with E-state index in [-0.39, 0.29) is 55.3 Å². The van der Waals surface area contributed by atoms with Gasteiger partial charge in [0.15, 0.2) is 0 Å². The number of carbonyl (C=O) groups excluding carboxylic acids is 2. The van der Waals surface area contributed by atoms with Gasteiger partial charge in [-0.25, -0.2) is 4.79 Å². The first kappa shape index (κ1) is 33.2. The number of halogens is 3. The number of pyridine rings is 1. The molecule has 2 aliphatic heterocycles. The lowest BCUT2D eigenvalue weighted by molar-refractivity contribution is -0.138. The number of rotatable bonds is 11. The number of fused-ring (bicyclic) bond motifs is 1. The fraction of sp³-hybridized carbons (Fsp3) is 0.606. The highest BCUT2D eigenvalue weighted by Crippen LogP contribution is 2.36. The maximum absolute atomic E-state index is 14.1. The summed E-state index contributed by atoms with van der Waals surface area (Å²) in [5.41, 5.74) is 0.753. The lowest BCUT2D eigenvalue weighted by Crippen LogP contribution is -2.50. The van der Waals surface area contributed by atoms with Gasteiger partial charge in [-0.2, -0.15) is 13.2 Å². The zero-order valence-electron chi connectivity index (χ0n) is 25.9. The molecule has 2 fully saturated rings. The van der Waals surface area contributed by atoms with Crippen LogP contribution in [0.2, 0.25) is 0 Å². The van der Waals surface area contributed by atoms with Crippen LogP contribution in [-0.4, -0.2) is 80.5 Å². The number of amides is 1. The standard InChI is InChI=1S/C33H42F3N3O6/c1-42-30-20-44-15-12-29(30)37-24-10-9-21(16-24)31(40)39-13-11-27-23(19-39)18-26(33(34,35)36)28(38-27)8-3-4-14-45-25-7-5-6-22(17-25)32(41)43-2/h5-7,17-18,21,24,29-30,37H,3-4,8-16,19-20H2,1-2H3. The molecule has 1 aromatic carbocycles. The first-order chi connectivity index (χ1) is 21.7. The van der Waals surface area contributed by atoms with Gasteiger partial charge in [0.2, 0.25) is 5.91 Å². The Bertz CT molecular complexity index is 1340. The Kier molecular flexibility index (Phi) is 11.0. The van der Waals surface area contributed by atoms with E-state index >= 15 is 0 Å². The molecule has 1 saturated carbocycles. The van der Waals surface area contributed by atoms with Gasteiger partial charge in [-0.3, -0.25) is 9.78 Å². The van der Waals surface area contributed by atoms with Crippen LogP contribution in [-0.2, 0) is 44.6 Å². The van der Waals surface area contributed by atoms with E-state index in [9.17, 15) is 22.8 Å². The van der Waals surface area contributed by atoms with Crippen LogP contribution < -0.4 is 10.1 Å². The average molecular weight is 634 g/mol. The summed E-state index contributed by atoms with van der Waals surface area (Å²) >= 11 is 0. The predicted molar refractivity (Wildman–Crippen MR) is 159 cm³/mol. The molecule has 1 aliphatic carbocycles. The van der Waals surface area contributed by atoms with E-state index in [0.29, 0.717) is 68.0 Å². The number of hydrogen-bond donors (Lipinski definition) is 1. The highest BCUT2D eigenvalue weighted by atomic mass is 19.4. The molecular formula is C33H42F3N3O6. The number of ether oxygens (including phenoxy) is 4. The molecule has 12 heteroatoms. The Morgan fingerprint density at radius 2 is 1.98 bits per heavy atom. The normalized spacial score (nSPS) is 23.4. The molecule has 5 rings (SSSR count). The molecule has 9 nitrogen and oxygen atoms in total. The van der Waals surface area contributed by atoms with Crippen molar-refractivity contribution in [3.8, 4) is 5.75 Å². The molecule has 1 saturated heterocycles. The summed E-state index contributed by atoms with van der Waals surface area (Å²) < 4.78 is 63.9. The third-order valence-electron chi connectivity index (χ3n) is 9.04. The lowest BCUT2D eigenvalue weighted by atomic mass is 9.97. The molecule has 4 unspecified atom stereocenters. The Labute approximate surface area is 261 Å². The van der Waals surface area contributed by atoms with Crippen molar-refractivity contribution in [1.82, 2.24) is 15.2 Å². The molecule has 45 heavy (non-hydrogen) atoms. The van der Waals surface area contributed by atoms with Crippen LogP contribution in [0.1, 0.15) is 71.4 Å². The molecule has 3 heterocycles. The predicted octanol–water partition coefficient (Wildman–Crippen LogP) is 4.74. The van der Waals surface area contributed by atoms with E-state index in [2.05, 4.69) is 10.3 Å². The summed E-state index contributed by atoms with van der Waals surface area (Å²) in [5, 5.41) is 3.66. The Morgan fingerprint density at radius 3 is 2.76 bits per heavy atom. The molecule has 1 amide bonds. The minimum Gasteiger partial charge on any atom is -0.494 e. The van der Waals surface area contributed by atoms with Crippen LogP contribution in [0.5, 0.6) is 5.75 Å². The van der Waals surface area contributed by atoms with Gasteiger partial charge >= 0.3 is 12.1 Å². The lowest BCUT2D eigenvalue weighted by Gasteiger charge is -2.33. The van der Waals surface area contributed by atoms with Gasteiger partial charge in [-0.1, -0.05) is 6.07 Å². The van der Waals surface area contributed by atoms with E-state index in [1.165, 1.54) is 13.2 Å². The Hall–Kier alpha value is -3.22. The largest absolute Gasteiger partial charge is 0.494 e. The van der Waals surface area contributed by atoms with Crippen molar-refractivity contribution in [2.75, 3.05) is 40.6 Å². The van der Waals surface area contributed by atoms with Crippen LogP contribution in [0.4, 0.5) is 13.2 Å². The number of esters is 1. The fourth-order valence-corrected chi connectivity index (χ4v) is 6.61. The number of unbranched alkanes of at least 4 members (excludes halogenated alkanes) is 1. The number of methoxy groups -OCH3 is 2. The van der Waals surface area contributed by atoms with Crippen LogP contribution in [0.3, 0.4) is 0 Å². The number of nitrogens with one attached hydrogen (secondary N) is 1. The highest BCUT2D eigenvalue weighted by molar-refractivity contribution is 5.89. The maximum Gasteiger partial charge on any atom is 0.418 e. The number of aryl methyl sites for hydroxylation is 1. The molecular weight excluding hydrogens is 591 g/mol. The van der Waals surface area contributed by atoms with Gasteiger partial charge < -0.3 is 29.2 Å². The first-order valence-electron chi connectivity index (χ1n) is 15.7. The minimum atomic E-state index is -4.55. The third-order valence-corrected chi connectivity index (χ3v) is 9.04. The van der Waals surface area contributed by atoms with Crippen LogP contribution >= 0.6 is 0 Å². The molecule has 0 spiro atoms. The SMILES string of the molecule is COC(=O)c1cccc(OCCCCc2nc3c(cc2C(F)(F)F)CN(C(=O)C2CCC(NC4CCOCC4OC)C2)CC3)c1. The molecule has 0 radical (unpaired) electrons. The number of aromatic nitrogens is 1. The Morgan fingerprint density at radius 1 is 1.13 bits per heavy atom. The number of alkyl halides is 3. The van der Waals surface area contributed by atoms with E-state index in [1.54, 1.807) is 36.3 Å². The average Bonchev–Trinajstić information content (AvgIpc) is 3.51. The topological polar surface area (TPSA) is 99.2 Å². The summed E-state index contributed by atoms with van der Waals surface area (Å²) in [7, 11) is 2.98. The number of nitrogens with zero attached hydrogens (tertiary/aromatic N) is 2. The van der Waals surface area contributed by atoms with Crippen molar-refractivity contribution in [2.45, 2.75) is 82.3 Å². The summed E-state index contributed by atoms with van der Waals surface area (Å²) in [6, 6.07) is 8.15. The molecule has 0 bridgehead atoms. The molecule has 1 aromatic heterocycles. The number of hydrogen-bond acceptors (Lipinski definition) is 8. The van der Waals surface area contributed by atoms with Crippen LogP contribution in [0.25, 0.3) is 0 Å². The van der Waals surface area contributed by atoms with Gasteiger partial charge in [-0.05, 0) is 74.8 Å². The maximum atomic E-state index is 14.1. The van der Waals surface area contributed by atoms with Gasteiger partial charge in [0.05, 0.1) is 43.2 Å². The summed E-state index contributed by atoms with van der Waals surface area (Å²) in [6.07, 6.45) is 0.178. The van der Waals surface area contributed by atoms with Gasteiger partial charge in [0.1, 0.15) is 5.75 Å². The van der Waals surface area contributed by atoms with E-state index in [0.717, 1.165) is 19.3 Å². The van der Waals surface area contributed by atoms with Crippen molar-refractivity contribution in [1.29, 1.82) is 0 Å². The minimum absolute atomic E-state index is 0.00924. The summed E-state index contributed by atoms with van der Waals surface area (Å²) in [4.78, 5) is 31.4. The molecule has 2 aromatic rings. The monoisotopic (exact) mass is 633 g/mol. The molecule has 1 N–H and O–H groups in total. The second kappa shape index (κ2) is 14.9. The second-order valence-electron chi connectivity index (χ2n) is 12.0. The van der Waals surface area contributed by atoms with E-state index < -0.39 is 17.7 Å². The summed E-state index contributed by atoms with van der Waals surface area (Å²) in [5.74, 6) is -0.125. The van der Waals surface area contributed by atoms with Crippen molar-refractivity contribution in [3.05, 3.63) is 58.4 Å². The zero-order valence-corrected chi connectivity index (χ0v) is 25.9. The Balaban J connectivity index is 1.15. The van der Waals surface area contributed by atoms with E-state index in [1.807, 2.05) is 0 Å². The van der Waals surface area contributed by atoms with Crippen molar-refractivity contribution >= 4 is 11.9 Å².